The molecule has 3 N–H and O–H groups in total. The second-order valence-corrected chi connectivity index (χ2v) is 9.24. The van der Waals surface area contributed by atoms with E-state index in [9.17, 15) is 14.4 Å². The molecule has 1 aliphatic rings. The summed E-state index contributed by atoms with van der Waals surface area (Å²) >= 11 is 0. The minimum Gasteiger partial charge on any atom is -0.481 e. The van der Waals surface area contributed by atoms with Crippen molar-refractivity contribution in [1.29, 1.82) is 0 Å². The number of rotatable bonds is 11. The largest absolute Gasteiger partial charge is 0.481 e. The van der Waals surface area contributed by atoms with Crippen LogP contribution in [0.25, 0.3) is 11.1 Å². The molecule has 0 saturated heterocycles. The van der Waals surface area contributed by atoms with Crippen molar-refractivity contribution in [3.05, 3.63) is 59.7 Å². The van der Waals surface area contributed by atoms with Crippen LogP contribution in [0.3, 0.4) is 0 Å². The molecule has 7 nitrogen and oxygen atoms in total. The van der Waals surface area contributed by atoms with E-state index in [2.05, 4.69) is 34.9 Å². The quantitative estimate of drug-likeness (QED) is 0.450. The van der Waals surface area contributed by atoms with Gasteiger partial charge in [-0.1, -0.05) is 69.3 Å². The SMILES string of the molecule is CCC(CC(=O)O)NC(=O)C(CNC(=O)OCC1c2ccccc2-c2ccccc21)CC(C)C. The topological polar surface area (TPSA) is 105 Å². The van der Waals surface area contributed by atoms with Crippen LogP contribution in [0.15, 0.2) is 48.5 Å². The first-order valence-electron chi connectivity index (χ1n) is 11.9. The summed E-state index contributed by atoms with van der Waals surface area (Å²) in [6, 6.07) is 15.8. The van der Waals surface area contributed by atoms with E-state index in [1.165, 1.54) is 0 Å². The van der Waals surface area contributed by atoms with Gasteiger partial charge in [0.05, 0.1) is 12.3 Å². The normalized spacial score (nSPS) is 14.1. The molecule has 2 amide bonds. The standard InChI is InChI=1S/C27H34N2O5/c1-4-19(14-25(30)31)29-26(32)18(13-17(2)3)15-28-27(33)34-16-24-22-11-7-5-9-20(22)21-10-6-8-12-23(21)24/h5-12,17-19,24H,4,13-16H2,1-3H3,(H,28,33)(H,29,32)(H,30,31). The first-order chi connectivity index (χ1) is 16.3. The predicted molar refractivity (Wildman–Crippen MR) is 130 cm³/mol. The molecule has 182 valence electrons. The van der Waals surface area contributed by atoms with E-state index in [1.807, 2.05) is 45.0 Å². The lowest BCUT2D eigenvalue weighted by Crippen LogP contribution is -2.44. The van der Waals surface area contributed by atoms with Crippen LogP contribution in [-0.4, -0.2) is 42.3 Å². The van der Waals surface area contributed by atoms with Gasteiger partial charge in [0.1, 0.15) is 6.61 Å². The average molecular weight is 467 g/mol. The Balaban J connectivity index is 1.58. The van der Waals surface area contributed by atoms with E-state index in [0.29, 0.717) is 12.8 Å². The maximum absolute atomic E-state index is 12.8. The molecule has 0 aromatic heterocycles. The predicted octanol–water partition coefficient (Wildman–Crippen LogP) is 4.56. The summed E-state index contributed by atoms with van der Waals surface area (Å²) in [7, 11) is 0. The van der Waals surface area contributed by atoms with E-state index in [1.54, 1.807) is 0 Å². The first-order valence-corrected chi connectivity index (χ1v) is 11.9. The van der Waals surface area contributed by atoms with Crippen molar-refractivity contribution in [2.75, 3.05) is 13.2 Å². The van der Waals surface area contributed by atoms with Gasteiger partial charge < -0.3 is 20.5 Å². The number of nitrogens with one attached hydrogen (secondary N) is 2. The number of amides is 2. The van der Waals surface area contributed by atoms with Crippen LogP contribution < -0.4 is 10.6 Å². The molecule has 0 spiro atoms. The van der Waals surface area contributed by atoms with Crippen molar-refractivity contribution in [2.45, 2.75) is 52.0 Å². The second-order valence-electron chi connectivity index (χ2n) is 9.24. The molecule has 0 heterocycles. The zero-order chi connectivity index (χ0) is 24.7. The fourth-order valence-electron chi connectivity index (χ4n) is 4.54. The highest BCUT2D eigenvalue weighted by atomic mass is 16.5. The zero-order valence-electron chi connectivity index (χ0n) is 20.0. The first kappa shape index (κ1) is 25.3. The Morgan fingerprint density at radius 1 is 1.00 bits per heavy atom. The number of fused-ring (bicyclic) bond motifs is 3. The van der Waals surface area contributed by atoms with Gasteiger partial charge in [-0.15, -0.1) is 0 Å². The molecule has 0 bridgehead atoms. The number of benzene rings is 2. The van der Waals surface area contributed by atoms with Crippen molar-refractivity contribution < 1.29 is 24.2 Å². The van der Waals surface area contributed by atoms with Crippen LogP contribution in [0.5, 0.6) is 0 Å². The molecular weight excluding hydrogens is 432 g/mol. The molecule has 7 heteroatoms. The third-order valence-corrected chi connectivity index (χ3v) is 6.22. The van der Waals surface area contributed by atoms with Crippen molar-refractivity contribution in [1.82, 2.24) is 10.6 Å². The lowest BCUT2D eigenvalue weighted by molar-refractivity contribution is -0.137. The van der Waals surface area contributed by atoms with Gasteiger partial charge in [-0.2, -0.15) is 0 Å². The smallest absolute Gasteiger partial charge is 0.407 e. The Labute approximate surface area is 200 Å². The Hall–Kier alpha value is -3.35. The van der Waals surface area contributed by atoms with Crippen LogP contribution in [0, 0.1) is 11.8 Å². The van der Waals surface area contributed by atoms with Gasteiger partial charge in [-0.05, 0) is 41.0 Å². The third kappa shape index (κ3) is 6.37. The molecule has 1 aliphatic carbocycles. The Morgan fingerprint density at radius 2 is 1.59 bits per heavy atom. The molecule has 34 heavy (non-hydrogen) atoms. The number of hydrogen-bond acceptors (Lipinski definition) is 4. The molecule has 0 radical (unpaired) electrons. The van der Waals surface area contributed by atoms with Crippen molar-refractivity contribution in [2.24, 2.45) is 11.8 Å². The molecule has 2 unspecified atom stereocenters. The summed E-state index contributed by atoms with van der Waals surface area (Å²) < 4.78 is 5.57. The van der Waals surface area contributed by atoms with Gasteiger partial charge in [-0.3, -0.25) is 9.59 Å². The molecule has 0 aliphatic heterocycles. The number of aliphatic carboxylic acids is 1. The van der Waals surface area contributed by atoms with Gasteiger partial charge >= 0.3 is 12.1 Å². The molecule has 2 aromatic carbocycles. The third-order valence-electron chi connectivity index (χ3n) is 6.22. The van der Waals surface area contributed by atoms with Crippen molar-refractivity contribution in [3.63, 3.8) is 0 Å². The second kappa shape index (κ2) is 11.7. The number of carboxylic acid groups (broad SMARTS) is 1. The van der Waals surface area contributed by atoms with Crippen LogP contribution >= 0.6 is 0 Å². The Morgan fingerprint density at radius 3 is 2.12 bits per heavy atom. The number of carbonyl (C=O) groups excluding carboxylic acids is 2. The number of carboxylic acids is 1. The van der Waals surface area contributed by atoms with Crippen LogP contribution in [0.1, 0.15) is 57.1 Å². The fraction of sp³-hybridized carbons (Fsp3) is 0.444. The highest BCUT2D eigenvalue weighted by Crippen LogP contribution is 2.44. The van der Waals surface area contributed by atoms with E-state index in [-0.39, 0.29) is 37.3 Å². The summed E-state index contributed by atoms with van der Waals surface area (Å²) in [5.74, 6) is -1.47. The van der Waals surface area contributed by atoms with E-state index in [0.717, 1.165) is 22.3 Å². The number of hydrogen-bond donors (Lipinski definition) is 3. The fourth-order valence-corrected chi connectivity index (χ4v) is 4.54. The van der Waals surface area contributed by atoms with Crippen molar-refractivity contribution >= 4 is 18.0 Å². The van der Waals surface area contributed by atoms with Gasteiger partial charge in [-0.25, -0.2) is 4.79 Å². The van der Waals surface area contributed by atoms with Gasteiger partial charge in [0, 0.05) is 18.5 Å². The zero-order valence-corrected chi connectivity index (χ0v) is 20.0. The minimum absolute atomic E-state index is 0.0331. The van der Waals surface area contributed by atoms with Crippen LogP contribution in [-0.2, 0) is 14.3 Å². The molecular formula is C27H34N2O5. The summed E-state index contributed by atoms with van der Waals surface area (Å²) in [5, 5.41) is 14.6. The van der Waals surface area contributed by atoms with E-state index < -0.39 is 24.0 Å². The molecule has 2 aromatic rings. The molecule has 0 fully saturated rings. The van der Waals surface area contributed by atoms with Crippen LogP contribution in [0.4, 0.5) is 4.79 Å². The summed E-state index contributed by atoms with van der Waals surface area (Å²) in [6.07, 6.45) is 0.391. The Bertz CT molecular complexity index is 974. The molecule has 0 saturated carbocycles. The van der Waals surface area contributed by atoms with Crippen molar-refractivity contribution in [3.8, 4) is 11.1 Å². The Kier molecular flexibility index (Phi) is 8.68. The number of carbonyl (C=O) groups is 3. The highest BCUT2D eigenvalue weighted by molar-refractivity contribution is 5.81. The lowest BCUT2D eigenvalue weighted by Gasteiger charge is -2.23. The van der Waals surface area contributed by atoms with Crippen LogP contribution in [0.2, 0.25) is 0 Å². The summed E-state index contributed by atoms with van der Waals surface area (Å²) in [5.41, 5.74) is 4.59. The maximum Gasteiger partial charge on any atom is 0.407 e. The summed E-state index contributed by atoms with van der Waals surface area (Å²) in [6.45, 7) is 6.17. The molecule has 3 rings (SSSR count). The van der Waals surface area contributed by atoms with E-state index in [4.69, 9.17) is 9.84 Å². The van der Waals surface area contributed by atoms with Gasteiger partial charge in [0.2, 0.25) is 5.91 Å². The number of ether oxygens (including phenoxy) is 1. The summed E-state index contributed by atoms with van der Waals surface area (Å²) in [4.78, 5) is 36.3. The van der Waals surface area contributed by atoms with Gasteiger partial charge in [0.15, 0.2) is 0 Å². The highest BCUT2D eigenvalue weighted by Gasteiger charge is 2.29. The van der Waals surface area contributed by atoms with E-state index >= 15 is 0 Å². The number of alkyl carbamates (subject to hydrolysis) is 1. The maximum atomic E-state index is 12.8. The van der Waals surface area contributed by atoms with Gasteiger partial charge in [0.25, 0.3) is 0 Å². The minimum atomic E-state index is -0.954. The average Bonchev–Trinajstić information content (AvgIpc) is 3.13. The lowest BCUT2D eigenvalue weighted by atomic mass is 9.95. The molecule has 2 atom stereocenters. The monoisotopic (exact) mass is 466 g/mol.